The second-order valence-electron chi connectivity index (χ2n) is 6.24. The lowest BCUT2D eigenvalue weighted by Crippen LogP contribution is -2.33. The molecule has 0 bridgehead atoms. The van der Waals surface area contributed by atoms with Crippen molar-refractivity contribution >= 4 is 5.96 Å². The molecule has 2 aromatic rings. The second kappa shape index (κ2) is 8.50. The van der Waals surface area contributed by atoms with Gasteiger partial charge in [-0.1, -0.05) is 11.6 Å². The third kappa shape index (κ3) is 5.48. The molecule has 0 unspecified atom stereocenters. The minimum atomic E-state index is 0.557. The maximum absolute atomic E-state index is 5.79. The highest BCUT2D eigenvalue weighted by molar-refractivity contribution is 5.78. The summed E-state index contributed by atoms with van der Waals surface area (Å²) in [5.41, 5.74) is 6.71. The summed E-state index contributed by atoms with van der Waals surface area (Å²) in [7, 11) is 1.64. The molecule has 0 amide bonds. The molecule has 1 saturated carbocycles. The third-order valence-corrected chi connectivity index (χ3v) is 4.08. The number of nitrogens with two attached hydrogens (primary N) is 1. The van der Waals surface area contributed by atoms with Crippen LogP contribution in [0.3, 0.4) is 0 Å². The topological polar surface area (TPSA) is 98.6 Å². The highest BCUT2D eigenvalue weighted by atomic mass is 16.5. The summed E-state index contributed by atoms with van der Waals surface area (Å²) in [6, 6.07) is 8.17. The van der Waals surface area contributed by atoms with Crippen LogP contribution in [0.25, 0.3) is 11.4 Å². The molecule has 3 rings (SSSR count). The smallest absolute Gasteiger partial charge is 0.226 e. The van der Waals surface area contributed by atoms with E-state index in [0.29, 0.717) is 23.7 Å². The van der Waals surface area contributed by atoms with Crippen molar-refractivity contribution in [2.45, 2.75) is 44.6 Å². The van der Waals surface area contributed by atoms with Gasteiger partial charge in [0.25, 0.3) is 0 Å². The van der Waals surface area contributed by atoms with Gasteiger partial charge in [-0.25, -0.2) is 0 Å². The van der Waals surface area contributed by atoms with E-state index in [9.17, 15) is 0 Å². The Hall–Kier alpha value is -2.57. The molecule has 1 aromatic heterocycles. The predicted molar refractivity (Wildman–Crippen MR) is 96.5 cm³/mol. The van der Waals surface area contributed by atoms with E-state index in [2.05, 4.69) is 20.4 Å². The zero-order valence-electron chi connectivity index (χ0n) is 14.6. The molecule has 0 radical (unpaired) electrons. The lowest BCUT2D eigenvalue weighted by Gasteiger charge is -2.02. The molecule has 134 valence electrons. The van der Waals surface area contributed by atoms with Crippen LogP contribution in [-0.4, -0.2) is 35.8 Å². The maximum atomic E-state index is 5.79. The lowest BCUT2D eigenvalue weighted by molar-refractivity contribution is 0.374. The van der Waals surface area contributed by atoms with Crippen LogP contribution in [0.4, 0.5) is 0 Å². The number of aliphatic imine (C=N–C) groups is 1. The van der Waals surface area contributed by atoms with E-state index in [1.54, 1.807) is 7.11 Å². The zero-order valence-corrected chi connectivity index (χ0v) is 14.6. The first kappa shape index (κ1) is 17.3. The van der Waals surface area contributed by atoms with E-state index in [0.717, 1.165) is 43.5 Å². The summed E-state index contributed by atoms with van der Waals surface area (Å²) in [6.07, 6.45) is 6.25. The third-order valence-electron chi connectivity index (χ3n) is 4.08. The zero-order chi connectivity index (χ0) is 17.5. The fourth-order valence-corrected chi connectivity index (χ4v) is 2.46. The van der Waals surface area contributed by atoms with Crippen LogP contribution in [0.5, 0.6) is 5.75 Å². The molecule has 7 nitrogen and oxygen atoms in total. The largest absolute Gasteiger partial charge is 0.497 e. The number of ether oxygens (including phenoxy) is 1. The Balaban J connectivity index is 1.36. The molecule has 1 aromatic carbocycles. The number of unbranched alkanes of at least 4 members (excludes halogenated alkanes) is 2. The SMILES string of the molecule is COc1ccc(-c2noc(CCCCCN=C(N)NC3CC3)n2)cc1. The van der Waals surface area contributed by atoms with Gasteiger partial charge in [0.05, 0.1) is 7.11 Å². The Morgan fingerprint density at radius 2 is 2.08 bits per heavy atom. The van der Waals surface area contributed by atoms with Gasteiger partial charge in [-0.05, 0) is 49.9 Å². The van der Waals surface area contributed by atoms with Gasteiger partial charge in [-0.3, -0.25) is 4.99 Å². The minimum Gasteiger partial charge on any atom is -0.497 e. The van der Waals surface area contributed by atoms with Crippen molar-refractivity contribution in [1.29, 1.82) is 0 Å². The van der Waals surface area contributed by atoms with Crippen LogP contribution in [0.1, 0.15) is 38.0 Å². The summed E-state index contributed by atoms with van der Waals surface area (Å²) in [5.74, 6) is 2.66. The van der Waals surface area contributed by atoms with Crippen LogP contribution in [-0.2, 0) is 6.42 Å². The summed E-state index contributed by atoms with van der Waals surface area (Å²) in [6.45, 7) is 0.756. The standard InChI is InChI=1S/C18H25N5O2/c1-24-15-10-6-13(7-11-15)17-22-16(25-23-17)5-3-2-4-12-20-18(19)21-14-8-9-14/h6-7,10-11,14H,2-5,8-9,12H2,1H3,(H3,19,20,21). The summed E-state index contributed by atoms with van der Waals surface area (Å²) in [4.78, 5) is 8.77. The molecular formula is C18H25N5O2. The highest BCUT2D eigenvalue weighted by Crippen LogP contribution is 2.20. The molecule has 0 spiro atoms. The lowest BCUT2D eigenvalue weighted by atomic mass is 10.2. The van der Waals surface area contributed by atoms with E-state index >= 15 is 0 Å². The number of hydrogen-bond donors (Lipinski definition) is 2. The van der Waals surface area contributed by atoms with Gasteiger partial charge in [0.15, 0.2) is 5.96 Å². The molecule has 1 fully saturated rings. The first-order valence-corrected chi connectivity index (χ1v) is 8.78. The molecule has 1 aliphatic rings. The minimum absolute atomic E-state index is 0.557. The first-order valence-electron chi connectivity index (χ1n) is 8.78. The Kier molecular flexibility index (Phi) is 5.87. The predicted octanol–water partition coefficient (Wildman–Crippen LogP) is 2.52. The molecular weight excluding hydrogens is 318 g/mol. The van der Waals surface area contributed by atoms with Gasteiger partial charge in [-0.15, -0.1) is 0 Å². The van der Waals surface area contributed by atoms with Gasteiger partial charge in [0, 0.05) is 24.6 Å². The van der Waals surface area contributed by atoms with Crippen molar-refractivity contribution in [3.8, 4) is 17.1 Å². The summed E-state index contributed by atoms with van der Waals surface area (Å²) < 4.78 is 10.5. The Labute approximate surface area is 147 Å². The van der Waals surface area contributed by atoms with Crippen LogP contribution >= 0.6 is 0 Å². The molecule has 0 atom stereocenters. The van der Waals surface area contributed by atoms with Crippen LogP contribution in [0.15, 0.2) is 33.8 Å². The van der Waals surface area contributed by atoms with E-state index in [1.807, 2.05) is 24.3 Å². The Bertz CT molecular complexity index is 692. The number of aromatic nitrogens is 2. The van der Waals surface area contributed by atoms with Crippen molar-refractivity contribution in [2.75, 3.05) is 13.7 Å². The van der Waals surface area contributed by atoms with E-state index in [4.69, 9.17) is 15.0 Å². The average molecular weight is 343 g/mol. The number of aryl methyl sites for hydroxylation is 1. The van der Waals surface area contributed by atoms with Gasteiger partial charge in [-0.2, -0.15) is 4.98 Å². The van der Waals surface area contributed by atoms with E-state index in [1.165, 1.54) is 12.8 Å². The number of nitrogens with one attached hydrogen (secondary N) is 1. The van der Waals surface area contributed by atoms with Crippen molar-refractivity contribution in [3.05, 3.63) is 30.2 Å². The second-order valence-corrected chi connectivity index (χ2v) is 6.24. The Morgan fingerprint density at radius 1 is 1.28 bits per heavy atom. The van der Waals surface area contributed by atoms with Crippen LogP contribution in [0, 0.1) is 0 Å². The molecule has 3 N–H and O–H groups in total. The molecule has 7 heteroatoms. The van der Waals surface area contributed by atoms with E-state index in [-0.39, 0.29) is 0 Å². The fourth-order valence-electron chi connectivity index (χ4n) is 2.46. The normalized spacial score (nSPS) is 14.5. The van der Waals surface area contributed by atoms with Gasteiger partial charge < -0.3 is 20.3 Å². The Morgan fingerprint density at radius 3 is 2.80 bits per heavy atom. The van der Waals surface area contributed by atoms with Gasteiger partial charge >= 0.3 is 0 Å². The number of methoxy groups -OCH3 is 1. The fraction of sp³-hybridized carbons (Fsp3) is 0.500. The van der Waals surface area contributed by atoms with Gasteiger partial charge in [0.1, 0.15) is 5.75 Å². The number of nitrogens with zero attached hydrogens (tertiary/aromatic N) is 3. The molecule has 0 saturated heterocycles. The first-order chi connectivity index (χ1) is 12.2. The van der Waals surface area contributed by atoms with Gasteiger partial charge in [0.2, 0.25) is 11.7 Å². The van der Waals surface area contributed by atoms with E-state index < -0.39 is 0 Å². The molecule has 1 heterocycles. The van der Waals surface area contributed by atoms with Crippen molar-refractivity contribution < 1.29 is 9.26 Å². The summed E-state index contributed by atoms with van der Waals surface area (Å²) in [5, 5.41) is 7.22. The monoisotopic (exact) mass is 343 g/mol. The van der Waals surface area contributed by atoms with Crippen molar-refractivity contribution in [2.24, 2.45) is 10.7 Å². The number of guanidine groups is 1. The molecule has 0 aliphatic heterocycles. The van der Waals surface area contributed by atoms with Crippen LogP contribution in [0.2, 0.25) is 0 Å². The van der Waals surface area contributed by atoms with Crippen molar-refractivity contribution in [1.82, 2.24) is 15.5 Å². The number of benzene rings is 1. The number of rotatable bonds is 9. The van der Waals surface area contributed by atoms with Crippen LogP contribution < -0.4 is 15.8 Å². The average Bonchev–Trinajstić information content (AvgIpc) is 3.32. The number of hydrogen-bond acceptors (Lipinski definition) is 5. The van der Waals surface area contributed by atoms with Crippen molar-refractivity contribution in [3.63, 3.8) is 0 Å². The quantitative estimate of drug-likeness (QED) is 0.412. The maximum Gasteiger partial charge on any atom is 0.226 e. The molecule has 1 aliphatic carbocycles. The molecule has 25 heavy (non-hydrogen) atoms. The summed E-state index contributed by atoms with van der Waals surface area (Å²) >= 11 is 0. The highest BCUT2D eigenvalue weighted by Gasteiger charge is 2.21.